The van der Waals surface area contributed by atoms with Crippen molar-refractivity contribution in [3.8, 4) is 0 Å². The zero-order valence-corrected chi connectivity index (χ0v) is 6.52. The van der Waals surface area contributed by atoms with E-state index in [-0.39, 0.29) is 0 Å². The van der Waals surface area contributed by atoms with E-state index >= 15 is 0 Å². The van der Waals surface area contributed by atoms with Gasteiger partial charge in [0.15, 0.2) is 0 Å². The van der Waals surface area contributed by atoms with Gasteiger partial charge in [-0.25, -0.2) is 0 Å². The van der Waals surface area contributed by atoms with Gasteiger partial charge in [0.2, 0.25) is 0 Å². The summed E-state index contributed by atoms with van der Waals surface area (Å²) in [5, 5.41) is 0. The van der Waals surface area contributed by atoms with Crippen LogP contribution in [0, 0.1) is 11.8 Å². The van der Waals surface area contributed by atoms with E-state index in [2.05, 4.69) is 25.8 Å². The molecule has 0 saturated heterocycles. The minimum atomic E-state index is 0.782. The highest BCUT2D eigenvalue weighted by Gasteiger charge is 2.19. The Morgan fingerprint density at radius 3 is 2.44 bits per heavy atom. The maximum atomic E-state index is 4.36. The lowest BCUT2D eigenvalue weighted by atomic mass is 9.91. The van der Waals surface area contributed by atoms with Crippen molar-refractivity contribution in [3.63, 3.8) is 0 Å². The zero-order valence-electron chi connectivity index (χ0n) is 6.52. The third-order valence-electron chi connectivity index (χ3n) is 2.14. The molecule has 0 fully saturated rings. The maximum absolute atomic E-state index is 4.36. The SMILES string of the molecule is CC1=NCCC1C(C)C. The third-order valence-corrected chi connectivity index (χ3v) is 2.14. The largest absolute Gasteiger partial charge is 0.294 e. The summed E-state index contributed by atoms with van der Waals surface area (Å²) >= 11 is 0. The first kappa shape index (κ1) is 6.79. The molecular weight excluding hydrogens is 110 g/mol. The minimum absolute atomic E-state index is 0.782. The van der Waals surface area contributed by atoms with Crippen molar-refractivity contribution >= 4 is 5.71 Å². The first-order valence-electron chi connectivity index (χ1n) is 3.72. The molecule has 1 heterocycles. The van der Waals surface area contributed by atoms with E-state index in [1.807, 2.05) is 0 Å². The first-order chi connectivity index (χ1) is 4.22. The number of aliphatic imine (C=N–C) groups is 1. The second-order valence-electron chi connectivity index (χ2n) is 3.16. The molecule has 0 spiro atoms. The molecule has 0 radical (unpaired) electrons. The summed E-state index contributed by atoms with van der Waals surface area (Å²) in [7, 11) is 0. The molecule has 0 aromatic heterocycles. The van der Waals surface area contributed by atoms with Crippen LogP contribution in [0.4, 0.5) is 0 Å². The topological polar surface area (TPSA) is 12.4 Å². The summed E-state index contributed by atoms with van der Waals surface area (Å²) in [5.41, 5.74) is 1.37. The number of rotatable bonds is 1. The Labute approximate surface area is 57.2 Å². The van der Waals surface area contributed by atoms with E-state index in [0.717, 1.165) is 18.4 Å². The molecule has 1 aliphatic heterocycles. The number of hydrogen-bond acceptors (Lipinski definition) is 1. The van der Waals surface area contributed by atoms with Crippen molar-refractivity contribution in [1.29, 1.82) is 0 Å². The first-order valence-corrected chi connectivity index (χ1v) is 3.72. The van der Waals surface area contributed by atoms with Gasteiger partial charge in [-0.2, -0.15) is 0 Å². The van der Waals surface area contributed by atoms with Crippen LogP contribution in [0.1, 0.15) is 27.2 Å². The molecule has 0 amide bonds. The molecule has 9 heavy (non-hydrogen) atoms. The summed E-state index contributed by atoms with van der Waals surface area (Å²) in [6.07, 6.45) is 1.28. The van der Waals surface area contributed by atoms with Crippen LogP contribution in [-0.2, 0) is 0 Å². The van der Waals surface area contributed by atoms with Crippen molar-refractivity contribution in [2.75, 3.05) is 6.54 Å². The molecule has 1 nitrogen and oxygen atoms in total. The molecule has 0 aromatic carbocycles. The Morgan fingerprint density at radius 1 is 1.56 bits per heavy atom. The van der Waals surface area contributed by atoms with Crippen molar-refractivity contribution < 1.29 is 0 Å². The number of nitrogens with zero attached hydrogens (tertiary/aromatic N) is 1. The van der Waals surface area contributed by atoms with Crippen molar-refractivity contribution in [2.45, 2.75) is 27.2 Å². The van der Waals surface area contributed by atoms with Crippen LogP contribution in [0.5, 0.6) is 0 Å². The Balaban J connectivity index is 2.53. The maximum Gasteiger partial charge on any atom is 0.0395 e. The predicted molar refractivity (Wildman–Crippen MR) is 40.9 cm³/mol. The molecule has 0 aromatic rings. The molecule has 0 aliphatic carbocycles. The van der Waals surface area contributed by atoms with Gasteiger partial charge in [0.05, 0.1) is 0 Å². The lowest BCUT2D eigenvalue weighted by Gasteiger charge is -2.13. The highest BCUT2D eigenvalue weighted by Crippen LogP contribution is 2.21. The van der Waals surface area contributed by atoms with Gasteiger partial charge in [-0.05, 0) is 19.3 Å². The van der Waals surface area contributed by atoms with Gasteiger partial charge in [-0.15, -0.1) is 0 Å². The molecule has 1 aliphatic rings. The molecule has 1 heteroatoms. The predicted octanol–water partition coefficient (Wildman–Crippen LogP) is 2.12. The molecule has 1 atom stereocenters. The van der Waals surface area contributed by atoms with E-state index in [4.69, 9.17) is 0 Å². The van der Waals surface area contributed by atoms with E-state index in [0.29, 0.717) is 0 Å². The fourth-order valence-electron chi connectivity index (χ4n) is 1.52. The van der Waals surface area contributed by atoms with Gasteiger partial charge in [0.25, 0.3) is 0 Å². The minimum Gasteiger partial charge on any atom is -0.294 e. The molecule has 52 valence electrons. The highest BCUT2D eigenvalue weighted by molar-refractivity contribution is 5.85. The molecule has 0 saturated carbocycles. The van der Waals surface area contributed by atoms with Gasteiger partial charge >= 0.3 is 0 Å². The third kappa shape index (κ3) is 1.32. The average Bonchev–Trinajstić information content (AvgIpc) is 2.13. The van der Waals surface area contributed by atoms with Crippen LogP contribution in [0.15, 0.2) is 4.99 Å². The summed E-state index contributed by atoms with van der Waals surface area (Å²) in [6, 6.07) is 0. The van der Waals surface area contributed by atoms with Crippen LogP contribution < -0.4 is 0 Å². The Bertz CT molecular complexity index is 125. The highest BCUT2D eigenvalue weighted by atomic mass is 14.8. The summed E-state index contributed by atoms with van der Waals surface area (Å²) < 4.78 is 0. The fraction of sp³-hybridized carbons (Fsp3) is 0.875. The van der Waals surface area contributed by atoms with Gasteiger partial charge < -0.3 is 0 Å². The van der Waals surface area contributed by atoms with Crippen LogP contribution in [0.2, 0.25) is 0 Å². The Morgan fingerprint density at radius 2 is 2.22 bits per heavy atom. The number of hydrogen-bond donors (Lipinski definition) is 0. The monoisotopic (exact) mass is 125 g/mol. The lowest BCUT2D eigenvalue weighted by Crippen LogP contribution is -2.12. The van der Waals surface area contributed by atoms with Gasteiger partial charge in [0, 0.05) is 18.2 Å². The van der Waals surface area contributed by atoms with E-state index in [1.165, 1.54) is 12.1 Å². The fourth-order valence-corrected chi connectivity index (χ4v) is 1.52. The van der Waals surface area contributed by atoms with Gasteiger partial charge in [0.1, 0.15) is 0 Å². The molecule has 0 bridgehead atoms. The van der Waals surface area contributed by atoms with E-state index in [9.17, 15) is 0 Å². The molecular formula is C8H15N. The second kappa shape index (κ2) is 2.51. The zero-order chi connectivity index (χ0) is 6.85. The van der Waals surface area contributed by atoms with Crippen LogP contribution >= 0.6 is 0 Å². The van der Waals surface area contributed by atoms with E-state index < -0.39 is 0 Å². The average molecular weight is 125 g/mol. The van der Waals surface area contributed by atoms with Crippen LogP contribution in [-0.4, -0.2) is 12.3 Å². The van der Waals surface area contributed by atoms with Gasteiger partial charge in [-0.1, -0.05) is 13.8 Å². The van der Waals surface area contributed by atoms with Crippen LogP contribution in [0.25, 0.3) is 0 Å². The second-order valence-corrected chi connectivity index (χ2v) is 3.16. The normalized spacial score (nSPS) is 27.1. The Hall–Kier alpha value is -0.330. The van der Waals surface area contributed by atoms with Crippen LogP contribution in [0.3, 0.4) is 0 Å². The standard InChI is InChI=1S/C8H15N/c1-6(2)8-4-5-9-7(8)3/h6,8H,4-5H2,1-3H3. The molecule has 0 N–H and O–H groups in total. The molecule has 1 rings (SSSR count). The van der Waals surface area contributed by atoms with Crippen molar-refractivity contribution in [2.24, 2.45) is 16.8 Å². The summed E-state index contributed by atoms with van der Waals surface area (Å²) in [4.78, 5) is 4.36. The Kier molecular flexibility index (Phi) is 1.89. The van der Waals surface area contributed by atoms with Crippen molar-refractivity contribution in [1.82, 2.24) is 0 Å². The smallest absolute Gasteiger partial charge is 0.0395 e. The summed E-state index contributed by atoms with van der Waals surface area (Å²) in [5.74, 6) is 1.57. The van der Waals surface area contributed by atoms with Crippen molar-refractivity contribution in [3.05, 3.63) is 0 Å². The van der Waals surface area contributed by atoms with Gasteiger partial charge in [-0.3, -0.25) is 4.99 Å². The quantitative estimate of drug-likeness (QED) is 0.509. The molecule has 1 unspecified atom stereocenters. The summed E-state index contributed by atoms with van der Waals surface area (Å²) in [6.45, 7) is 7.76. The lowest BCUT2D eigenvalue weighted by molar-refractivity contribution is 0.490. The van der Waals surface area contributed by atoms with E-state index in [1.54, 1.807) is 0 Å².